The lowest BCUT2D eigenvalue weighted by atomic mass is 10.1. The van der Waals surface area contributed by atoms with Crippen molar-refractivity contribution in [3.8, 4) is 5.75 Å². The van der Waals surface area contributed by atoms with Crippen molar-refractivity contribution < 1.29 is 9.53 Å². The zero-order chi connectivity index (χ0) is 15.6. The predicted octanol–water partition coefficient (Wildman–Crippen LogP) is 3.90. The maximum absolute atomic E-state index is 12.3. The van der Waals surface area contributed by atoms with Crippen LogP contribution in [0.25, 0.3) is 0 Å². The van der Waals surface area contributed by atoms with E-state index in [4.69, 9.17) is 27.9 Å². The summed E-state index contributed by atoms with van der Waals surface area (Å²) < 4.78 is 5.32. The molecule has 0 aromatic heterocycles. The lowest BCUT2D eigenvalue weighted by Crippen LogP contribution is -2.26. The zero-order valence-electron chi connectivity index (χ0n) is 12.3. The topological polar surface area (TPSA) is 38.3 Å². The number of allylic oxidation sites excluding steroid dienone is 1. The molecule has 1 aliphatic carbocycles. The van der Waals surface area contributed by atoms with E-state index in [-0.39, 0.29) is 27.6 Å². The third-order valence-corrected chi connectivity index (χ3v) is 4.38. The zero-order valence-corrected chi connectivity index (χ0v) is 13.8. The van der Waals surface area contributed by atoms with Crippen molar-refractivity contribution in [3.05, 3.63) is 40.4 Å². The largest absolute Gasteiger partial charge is 0.497 e. The molecular weight excluding hydrogens is 309 g/mol. The molecule has 2 atom stereocenters. The summed E-state index contributed by atoms with van der Waals surface area (Å²) in [5.74, 6) is 0.851. The van der Waals surface area contributed by atoms with E-state index in [1.165, 1.54) is 0 Å². The molecule has 0 saturated heterocycles. The second-order valence-corrected chi connectivity index (χ2v) is 6.85. The Balaban J connectivity index is 1.92. The van der Waals surface area contributed by atoms with Crippen molar-refractivity contribution in [2.75, 3.05) is 7.11 Å². The monoisotopic (exact) mass is 327 g/mol. The lowest BCUT2D eigenvalue weighted by Gasteiger charge is -2.07. The average molecular weight is 328 g/mol. The van der Waals surface area contributed by atoms with Crippen LogP contribution in [0, 0.1) is 17.3 Å². The number of benzene rings is 1. The number of hydrogen-bond acceptors (Lipinski definition) is 2. The third-order valence-electron chi connectivity index (χ3n) is 4.12. The first kappa shape index (κ1) is 16.2. The minimum atomic E-state index is -0.0982. The Kier molecular flexibility index (Phi) is 4.84. The minimum Gasteiger partial charge on any atom is -0.497 e. The summed E-state index contributed by atoms with van der Waals surface area (Å²) in [6.45, 7) is 4.59. The molecule has 1 amide bonds. The van der Waals surface area contributed by atoms with Gasteiger partial charge in [-0.1, -0.05) is 49.2 Å². The SMILES string of the molecule is COc1ccc(CNC(=O)[C@H]2[C@H](C=C(Cl)Cl)C2(C)C)cc1. The van der Waals surface area contributed by atoms with Gasteiger partial charge in [0, 0.05) is 6.54 Å². The Hall–Kier alpha value is -1.19. The summed E-state index contributed by atoms with van der Waals surface area (Å²) in [6, 6.07) is 7.62. The van der Waals surface area contributed by atoms with Crippen LogP contribution >= 0.6 is 23.2 Å². The number of hydrogen-bond donors (Lipinski definition) is 1. The van der Waals surface area contributed by atoms with Gasteiger partial charge >= 0.3 is 0 Å². The second kappa shape index (κ2) is 6.29. The van der Waals surface area contributed by atoms with Crippen molar-refractivity contribution in [1.29, 1.82) is 0 Å². The first-order valence-corrected chi connectivity index (χ1v) is 7.55. The molecule has 21 heavy (non-hydrogen) atoms. The fraction of sp³-hybridized carbons (Fsp3) is 0.438. The molecule has 2 rings (SSSR count). The van der Waals surface area contributed by atoms with Crippen LogP contribution in [0.2, 0.25) is 0 Å². The molecule has 3 nitrogen and oxygen atoms in total. The van der Waals surface area contributed by atoms with E-state index in [1.54, 1.807) is 13.2 Å². The van der Waals surface area contributed by atoms with Crippen LogP contribution in [0.1, 0.15) is 19.4 Å². The van der Waals surface area contributed by atoms with Gasteiger partial charge < -0.3 is 10.1 Å². The van der Waals surface area contributed by atoms with Crippen LogP contribution in [-0.4, -0.2) is 13.0 Å². The van der Waals surface area contributed by atoms with E-state index >= 15 is 0 Å². The van der Waals surface area contributed by atoms with Crippen molar-refractivity contribution in [2.45, 2.75) is 20.4 Å². The van der Waals surface area contributed by atoms with Crippen LogP contribution in [0.3, 0.4) is 0 Å². The highest BCUT2D eigenvalue weighted by Gasteiger charge is 2.60. The van der Waals surface area contributed by atoms with Gasteiger partial charge in [0.2, 0.25) is 5.91 Å². The number of nitrogens with one attached hydrogen (secondary N) is 1. The highest BCUT2D eigenvalue weighted by atomic mass is 35.5. The fourth-order valence-corrected chi connectivity index (χ4v) is 2.94. The van der Waals surface area contributed by atoms with E-state index in [0.717, 1.165) is 11.3 Å². The Morgan fingerprint density at radius 3 is 2.48 bits per heavy atom. The molecule has 114 valence electrons. The number of ether oxygens (including phenoxy) is 1. The lowest BCUT2D eigenvalue weighted by molar-refractivity contribution is -0.123. The highest BCUT2D eigenvalue weighted by molar-refractivity contribution is 6.55. The molecule has 0 heterocycles. The summed E-state index contributed by atoms with van der Waals surface area (Å²) >= 11 is 11.4. The van der Waals surface area contributed by atoms with Crippen molar-refractivity contribution >= 4 is 29.1 Å². The molecule has 0 bridgehead atoms. The minimum absolute atomic E-state index is 0.0339. The molecule has 0 aliphatic heterocycles. The van der Waals surface area contributed by atoms with E-state index in [1.807, 2.05) is 38.1 Å². The summed E-state index contributed by atoms with van der Waals surface area (Å²) in [7, 11) is 1.63. The predicted molar refractivity (Wildman–Crippen MR) is 85.4 cm³/mol. The number of amides is 1. The van der Waals surface area contributed by atoms with E-state index in [2.05, 4.69) is 5.32 Å². The smallest absolute Gasteiger partial charge is 0.224 e. The standard InChI is InChI=1S/C16H19Cl2NO2/c1-16(2)12(8-13(17)18)14(16)15(20)19-9-10-4-6-11(21-3)7-5-10/h4-8,12,14H,9H2,1-3H3,(H,19,20)/t12-,14+/m0/s1. The van der Waals surface area contributed by atoms with Crippen LogP contribution in [-0.2, 0) is 11.3 Å². The molecule has 1 N–H and O–H groups in total. The molecular formula is C16H19Cl2NO2. The van der Waals surface area contributed by atoms with Crippen LogP contribution in [0.5, 0.6) is 5.75 Å². The molecule has 1 aromatic carbocycles. The maximum atomic E-state index is 12.3. The van der Waals surface area contributed by atoms with Crippen molar-refractivity contribution in [2.24, 2.45) is 17.3 Å². The quantitative estimate of drug-likeness (QED) is 0.890. The molecule has 0 unspecified atom stereocenters. The van der Waals surface area contributed by atoms with Crippen molar-refractivity contribution in [3.63, 3.8) is 0 Å². The molecule has 5 heteroatoms. The Labute approximate surface area is 135 Å². The number of carbonyl (C=O) groups is 1. The molecule has 1 aromatic rings. The van der Waals surface area contributed by atoms with Gasteiger partial charge in [-0.05, 0) is 35.1 Å². The molecule has 1 aliphatic rings. The van der Waals surface area contributed by atoms with Crippen molar-refractivity contribution in [1.82, 2.24) is 5.32 Å². The summed E-state index contributed by atoms with van der Waals surface area (Å²) in [6.07, 6.45) is 1.75. The van der Waals surface area contributed by atoms with Crippen LogP contribution in [0.15, 0.2) is 34.8 Å². The highest BCUT2D eigenvalue weighted by Crippen LogP contribution is 2.59. The summed E-state index contributed by atoms with van der Waals surface area (Å²) in [5.41, 5.74) is 0.934. The first-order valence-electron chi connectivity index (χ1n) is 6.79. The molecule has 1 fully saturated rings. The second-order valence-electron chi connectivity index (χ2n) is 5.85. The average Bonchev–Trinajstić information content (AvgIpc) is 2.97. The molecule has 0 spiro atoms. The third kappa shape index (κ3) is 3.72. The first-order chi connectivity index (χ1) is 9.86. The van der Waals surface area contributed by atoms with Gasteiger partial charge in [0.05, 0.1) is 13.0 Å². The molecule has 0 radical (unpaired) electrons. The molecule has 1 saturated carbocycles. The van der Waals surface area contributed by atoms with Gasteiger partial charge in [0.15, 0.2) is 0 Å². The number of methoxy groups -OCH3 is 1. The Morgan fingerprint density at radius 2 is 1.95 bits per heavy atom. The van der Waals surface area contributed by atoms with E-state index in [0.29, 0.717) is 6.54 Å². The van der Waals surface area contributed by atoms with Gasteiger partial charge in [0.25, 0.3) is 0 Å². The normalized spacial score (nSPS) is 22.3. The van der Waals surface area contributed by atoms with E-state index < -0.39 is 0 Å². The number of rotatable bonds is 5. The number of halogens is 2. The van der Waals surface area contributed by atoms with E-state index in [9.17, 15) is 4.79 Å². The van der Waals surface area contributed by atoms with Gasteiger partial charge in [0.1, 0.15) is 10.2 Å². The Morgan fingerprint density at radius 1 is 1.33 bits per heavy atom. The number of carbonyl (C=O) groups excluding carboxylic acids is 1. The summed E-state index contributed by atoms with van der Waals surface area (Å²) in [4.78, 5) is 12.3. The van der Waals surface area contributed by atoms with Crippen LogP contribution in [0.4, 0.5) is 0 Å². The fourth-order valence-electron chi connectivity index (χ4n) is 2.67. The van der Waals surface area contributed by atoms with Gasteiger partial charge in [-0.3, -0.25) is 4.79 Å². The van der Waals surface area contributed by atoms with Gasteiger partial charge in [-0.2, -0.15) is 0 Å². The maximum Gasteiger partial charge on any atom is 0.224 e. The van der Waals surface area contributed by atoms with Gasteiger partial charge in [-0.15, -0.1) is 0 Å². The van der Waals surface area contributed by atoms with Gasteiger partial charge in [-0.25, -0.2) is 0 Å². The van der Waals surface area contributed by atoms with Crippen LogP contribution < -0.4 is 10.1 Å². The Bertz CT molecular complexity index is 548. The summed E-state index contributed by atoms with van der Waals surface area (Å²) in [5, 5.41) is 2.96.